The highest BCUT2D eigenvalue weighted by molar-refractivity contribution is 5.99. The van der Waals surface area contributed by atoms with E-state index in [0.717, 1.165) is 16.7 Å². The van der Waals surface area contributed by atoms with Crippen LogP contribution < -0.4 is 5.32 Å². The lowest BCUT2D eigenvalue weighted by Gasteiger charge is -2.15. The summed E-state index contributed by atoms with van der Waals surface area (Å²) in [5.74, 6) is -1.00. The van der Waals surface area contributed by atoms with E-state index in [0.29, 0.717) is 11.3 Å². The molecule has 5 heteroatoms. The summed E-state index contributed by atoms with van der Waals surface area (Å²) in [6.07, 6.45) is 0.464. The third-order valence-corrected chi connectivity index (χ3v) is 4.23. The first kappa shape index (κ1) is 18.5. The molecule has 3 aromatic rings. The normalized spacial score (nSPS) is 11.7. The van der Waals surface area contributed by atoms with Crippen LogP contribution in [0.1, 0.15) is 28.6 Å². The molecular formula is C22H21NO4. The molecule has 1 amide bonds. The maximum Gasteiger partial charge on any atom is 0.375 e. The molecule has 138 valence electrons. The van der Waals surface area contributed by atoms with Crippen molar-refractivity contribution in [3.63, 3.8) is 0 Å². The number of nitrogens with one attached hydrogen (secondary N) is 1. The number of carbonyl (C=O) groups excluding carboxylic acids is 2. The highest BCUT2D eigenvalue weighted by atomic mass is 16.6. The molecule has 0 spiro atoms. The number of carbonyl (C=O) groups is 2. The van der Waals surface area contributed by atoms with Gasteiger partial charge in [-0.25, -0.2) is 4.79 Å². The van der Waals surface area contributed by atoms with Crippen LogP contribution in [0.5, 0.6) is 0 Å². The average Bonchev–Trinajstić information content (AvgIpc) is 3.14. The number of rotatable bonds is 5. The topological polar surface area (TPSA) is 68.5 Å². The second-order valence-electron chi connectivity index (χ2n) is 6.38. The molecule has 0 aliphatic carbocycles. The molecule has 3 rings (SSSR count). The molecule has 0 aliphatic heterocycles. The highest BCUT2D eigenvalue weighted by Crippen LogP contribution is 2.25. The Morgan fingerprint density at radius 2 is 1.78 bits per heavy atom. The zero-order chi connectivity index (χ0) is 19.4. The number of amides is 1. The summed E-state index contributed by atoms with van der Waals surface area (Å²) in [6, 6.07) is 16.8. The van der Waals surface area contributed by atoms with Crippen LogP contribution in [-0.2, 0) is 9.53 Å². The number of ether oxygens (including phenoxy) is 1. The lowest BCUT2D eigenvalue weighted by molar-refractivity contribution is -0.123. The molecule has 5 nitrogen and oxygen atoms in total. The van der Waals surface area contributed by atoms with E-state index in [1.807, 2.05) is 62.4 Å². The van der Waals surface area contributed by atoms with E-state index < -0.39 is 18.0 Å². The Labute approximate surface area is 158 Å². The van der Waals surface area contributed by atoms with Crippen LogP contribution in [0.3, 0.4) is 0 Å². The van der Waals surface area contributed by atoms with Crippen molar-refractivity contribution in [1.82, 2.24) is 0 Å². The smallest absolute Gasteiger partial charge is 0.375 e. The number of esters is 1. The number of aryl methyl sites for hydroxylation is 2. The summed E-state index contributed by atoms with van der Waals surface area (Å²) in [7, 11) is 0. The van der Waals surface area contributed by atoms with Gasteiger partial charge in [-0.2, -0.15) is 0 Å². The largest absolute Gasteiger partial charge is 0.457 e. The van der Waals surface area contributed by atoms with Crippen molar-refractivity contribution in [3.8, 4) is 11.1 Å². The molecule has 1 aromatic heterocycles. The molecule has 27 heavy (non-hydrogen) atoms. The molecular weight excluding hydrogens is 342 g/mol. The molecule has 0 bridgehead atoms. The summed E-state index contributed by atoms with van der Waals surface area (Å²) in [6.45, 7) is 5.42. The Bertz CT molecular complexity index is 959. The molecule has 0 aliphatic rings. The van der Waals surface area contributed by atoms with Crippen LogP contribution in [0.25, 0.3) is 11.1 Å². The third kappa shape index (κ3) is 4.26. The van der Waals surface area contributed by atoms with Crippen LogP contribution in [0, 0.1) is 13.8 Å². The lowest BCUT2D eigenvalue weighted by Crippen LogP contribution is -2.30. The fourth-order valence-electron chi connectivity index (χ4n) is 2.77. The molecule has 1 unspecified atom stereocenters. The molecule has 1 N–H and O–H groups in total. The number of furan rings is 1. The molecule has 1 atom stereocenters. The number of anilines is 1. The fourth-order valence-corrected chi connectivity index (χ4v) is 2.77. The van der Waals surface area contributed by atoms with Gasteiger partial charge >= 0.3 is 5.97 Å². The van der Waals surface area contributed by atoms with Gasteiger partial charge in [-0.1, -0.05) is 48.0 Å². The van der Waals surface area contributed by atoms with Crippen LogP contribution >= 0.6 is 0 Å². The van der Waals surface area contributed by atoms with Crippen molar-refractivity contribution < 1.29 is 18.7 Å². The zero-order valence-electron chi connectivity index (χ0n) is 15.5. The Hall–Kier alpha value is -3.34. The quantitative estimate of drug-likeness (QED) is 0.664. The van der Waals surface area contributed by atoms with Gasteiger partial charge in [0.2, 0.25) is 5.76 Å². The number of hydrogen-bond acceptors (Lipinski definition) is 4. The Kier molecular flexibility index (Phi) is 5.41. The molecule has 0 saturated heterocycles. The summed E-state index contributed by atoms with van der Waals surface area (Å²) in [4.78, 5) is 24.9. The summed E-state index contributed by atoms with van der Waals surface area (Å²) in [5, 5.41) is 2.79. The van der Waals surface area contributed by atoms with Gasteiger partial charge in [0.25, 0.3) is 5.91 Å². The van der Waals surface area contributed by atoms with Crippen molar-refractivity contribution in [1.29, 1.82) is 0 Å². The molecule has 2 aromatic carbocycles. The highest BCUT2D eigenvalue weighted by Gasteiger charge is 2.24. The minimum atomic E-state index is -0.966. The van der Waals surface area contributed by atoms with Crippen LogP contribution in [0.4, 0.5) is 5.69 Å². The Balaban J connectivity index is 1.69. The van der Waals surface area contributed by atoms with Crippen molar-refractivity contribution in [2.45, 2.75) is 26.9 Å². The van der Waals surface area contributed by atoms with Gasteiger partial charge in [-0.05, 0) is 44.0 Å². The van der Waals surface area contributed by atoms with Crippen molar-refractivity contribution in [3.05, 3.63) is 77.7 Å². The maximum atomic E-state index is 12.5. The van der Waals surface area contributed by atoms with Gasteiger partial charge in [0.1, 0.15) is 0 Å². The van der Waals surface area contributed by atoms with E-state index in [9.17, 15) is 9.59 Å². The SMILES string of the molecule is Cc1ccc(NC(=O)C(C)OC(=O)c2occc2-c2ccccc2)c(C)c1. The van der Waals surface area contributed by atoms with Crippen LogP contribution in [0.15, 0.2) is 65.3 Å². The number of hydrogen-bond donors (Lipinski definition) is 1. The van der Waals surface area contributed by atoms with E-state index in [1.54, 1.807) is 6.07 Å². The Morgan fingerprint density at radius 1 is 1.04 bits per heavy atom. The molecule has 0 radical (unpaired) electrons. The lowest BCUT2D eigenvalue weighted by atomic mass is 10.1. The van der Waals surface area contributed by atoms with E-state index >= 15 is 0 Å². The summed E-state index contributed by atoms with van der Waals surface area (Å²) in [5.41, 5.74) is 4.21. The average molecular weight is 363 g/mol. The monoisotopic (exact) mass is 363 g/mol. The minimum Gasteiger partial charge on any atom is -0.457 e. The third-order valence-electron chi connectivity index (χ3n) is 4.23. The van der Waals surface area contributed by atoms with E-state index in [4.69, 9.17) is 9.15 Å². The van der Waals surface area contributed by atoms with E-state index in [2.05, 4.69) is 5.32 Å². The molecule has 0 fully saturated rings. The minimum absolute atomic E-state index is 0.0763. The molecule has 0 saturated carbocycles. The first-order chi connectivity index (χ1) is 13.0. The second kappa shape index (κ2) is 7.91. The van der Waals surface area contributed by atoms with Crippen molar-refractivity contribution in [2.75, 3.05) is 5.32 Å². The van der Waals surface area contributed by atoms with Gasteiger partial charge in [0.05, 0.1) is 6.26 Å². The predicted octanol–water partition coefficient (Wildman–Crippen LogP) is 4.75. The van der Waals surface area contributed by atoms with Crippen molar-refractivity contribution in [2.24, 2.45) is 0 Å². The second-order valence-corrected chi connectivity index (χ2v) is 6.38. The van der Waals surface area contributed by atoms with Crippen LogP contribution in [0.2, 0.25) is 0 Å². The first-order valence-electron chi connectivity index (χ1n) is 8.67. The maximum absolute atomic E-state index is 12.5. The van der Waals surface area contributed by atoms with Gasteiger partial charge in [-0.3, -0.25) is 4.79 Å². The van der Waals surface area contributed by atoms with Gasteiger partial charge in [-0.15, -0.1) is 0 Å². The number of benzene rings is 2. The predicted molar refractivity (Wildman–Crippen MR) is 104 cm³/mol. The standard InChI is InChI=1S/C22H21NO4/c1-14-9-10-19(15(2)13-14)23-21(24)16(3)27-22(25)20-18(11-12-26-20)17-7-5-4-6-8-17/h4-13,16H,1-3H3,(H,23,24). The zero-order valence-corrected chi connectivity index (χ0v) is 15.5. The Morgan fingerprint density at radius 3 is 2.48 bits per heavy atom. The van der Waals surface area contributed by atoms with E-state index in [1.165, 1.54) is 13.2 Å². The molecule has 1 heterocycles. The van der Waals surface area contributed by atoms with Crippen molar-refractivity contribution >= 4 is 17.6 Å². The van der Waals surface area contributed by atoms with E-state index in [-0.39, 0.29) is 5.76 Å². The van der Waals surface area contributed by atoms with Crippen LogP contribution in [-0.4, -0.2) is 18.0 Å². The van der Waals surface area contributed by atoms with Gasteiger partial charge in [0.15, 0.2) is 6.10 Å². The summed E-state index contributed by atoms with van der Waals surface area (Å²) >= 11 is 0. The first-order valence-corrected chi connectivity index (χ1v) is 8.67. The summed E-state index contributed by atoms with van der Waals surface area (Å²) < 4.78 is 10.6. The fraction of sp³-hybridized carbons (Fsp3) is 0.182. The van der Waals surface area contributed by atoms with Gasteiger partial charge in [0, 0.05) is 11.3 Å². The van der Waals surface area contributed by atoms with Gasteiger partial charge < -0.3 is 14.5 Å².